The van der Waals surface area contributed by atoms with Crippen LogP contribution >= 0.6 is 35.0 Å². The van der Waals surface area contributed by atoms with Crippen LogP contribution in [0.1, 0.15) is 19.8 Å². The van der Waals surface area contributed by atoms with Crippen molar-refractivity contribution in [2.75, 3.05) is 18.4 Å². The van der Waals surface area contributed by atoms with E-state index < -0.39 is 0 Å². The Bertz CT molecular complexity index is 419. The van der Waals surface area contributed by atoms with E-state index >= 15 is 0 Å². The van der Waals surface area contributed by atoms with Gasteiger partial charge in [0, 0.05) is 8.99 Å². The molecule has 1 aromatic carbocycles. The minimum absolute atomic E-state index is 0. The number of hydrogen-bond donors (Lipinski definition) is 2. The first kappa shape index (κ1) is 15.7. The SMILES string of the molecule is CC1(C(=O)Nc2ccccc2I)CCNCC1.Cl. The summed E-state index contributed by atoms with van der Waals surface area (Å²) < 4.78 is 1.08. The predicted molar refractivity (Wildman–Crippen MR) is 85.2 cm³/mol. The third kappa shape index (κ3) is 3.59. The van der Waals surface area contributed by atoms with Crippen molar-refractivity contribution in [3.8, 4) is 0 Å². The van der Waals surface area contributed by atoms with Crippen molar-refractivity contribution in [1.29, 1.82) is 0 Å². The van der Waals surface area contributed by atoms with Crippen LogP contribution in [0.5, 0.6) is 0 Å². The molecule has 0 unspecified atom stereocenters. The van der Waals surface area contributed by atoms with Crippen LogP contribution < -0.4 is 10.6 Å². The molecule has 18 heavy (non-hydrogen) atoms. The molecule has 1 aliphatic rings. The summed E-state index contributed by atoms with van der Waals surface area (Å²) in [4.78, 5) is 12.3. The topological polar surface area (TPSA) is 41.1 Å². The third-order valence-electron chi connectivity index (χ3n) is 3.38. The van der Waals surface area contributed by atoms with Crippen LogP contribution in [-0.2, 0) is 4.79 Å². The van der Waals surface area contributed by atoms with Gasteiger partial charge in [-0.1, -0.05) is 19.1 Å². The highest BCUT2D eigenvalue weighted by atomic mass is 127. The first-order valence-corrected chi connectivity index (χ1v) is 6.96. The van der Waals surface area contributed by atoms with Gasteiger partial charge >= 0.3 is 0 Å². The predicted octanol–water partition coefficient (Wildman–Crippen LogP) is 3.04. The Morgan fingerprint density at radius 1 is 1.33 bits per heavy atom. The van der Waals surface area contributed by atoms with Crippen molar-refractivity contribution in [1.82, 2.24) is 5.32 Å². The molecular formula is C13H18ClIN2O. The van der Waals surface area contributed by atoms with Crippen molar-refractivity contribution in [2.45, 2.75) is 19.8 Å². The zero-order valence-corrected chi connectivity index (χ0v) is 13.3. The number of piperidine rings is 1. The van der Waals surface area contributed by atoms with E-state index in [1.54, 1.807) is 0 Å². The summed E-state index contributed by atoms with van der Waals surface area (Å²) in [5.41, 5.74) is 0.683. The number of nitrogens with one attached hydrogen (secondary N) is 2. The van der Waals surface area contributed by atoms with Gasteiger partial charge in [-0.15, -0.1) is 12.4 Å². The minimum Gasteiger partial charge on any atom is -0.325 e. The average Bonchev–Trinajstić information content (AvgIpc) is 2.33. The molecule has 0 aromatic heterocycles. The lowest BCUT2D eigenvalue weighted by Gasteiger charge is -2.32. The van der Waals surface area contributed by atoms with E-state index in [-0.39, 0.29) is 23.7 Å². The summed E-state index contributed by atoms with van der Waals surface area (Å²) in [5, 5.41) is 6.33. The lowest BCUT2D eigenvalue weighted by Crippen LogP contribution is -2.42. The molecule has 0 saturated carbocycles. The number of benzene rings is 1. The number of amides is 1. The fraction of sp³-hybridized carbons (Fsp3) is 0.462. The van der Waals surface area contributed by atoms with Crippen molar-refractivity contribution in [2.24, 2.45) is 5.41 Å². The summed E-state index contributed by atoms with van der Waals surface area (Å²) >= 11 is 2.24. The highest BCUT2D eigenvalue weighted by Crippen LogP contribution is 2.30. The number of hydrogen-bond acceptors (Lipinski definition) is 2. The number of carbonyl (C=O) groups excluding carboxylic acids is 1. The van der Waals surface area contributed by atoms with Gasteiger partial charge in [0.25, 0.3) is 0 Å². The molecule has 2 N–H and O–H groups in total. The second-order valence-corrected chi connectivity index (χ2v) is 5.91. The molecule has 1 fully saturated rings. The van der Waals surface area contributed by atoms with Gasteiger partial charge in [0.1, 0.15) is 0 Å². The van der Waals surface area contributed by atoms with E-state index in [0.717, 1.165) is 35.2 Å². The van der Waals surface area contributed by atoms with E-state index in [4.69, 9.17) is 0 Å². The molecule has 0 aliphatic carbocycles. The standard InChI is InChI=1S/C13H17IN2O.ClH/c1-13(6-8-15-9-7-13)12(17)16-11-5-3-2-4-10(11)14;/h2-5,15H,6-9H2,1H3,(H,16,17);1H. The van der Waals surface area contributed by atoms with Crippen LogP contribution in [0.2, 0.25) is 0 Å². The van der Waals surface area contributed by atoms with Crippen LogP contribution in [-0.4, -0.2) is 19.0 Å². The molecular weight excluding hydrogens is 363 g/mol. The van der Waals surface area contributed by atoms with Crippen LogP contribution in [0.4, 0.5) is 5.69 Å². The molecule has 1 aromatic rings. The number of rotatable bonds is 2. The lowest BCUT2D eigenvalue weighted by molar-refractivity contribution is -0.126. The second kappa shape index (κ2) is 6.73. The lowest BCUT2D eigenvalue weighted by atomic mass is 9.80. The van der Waals surface area contributed by atoms with Gasteiger partial charge in [0.15, 0.2) is 0 Å². The zero-order valence-electron chi connectivity index (χ0n) is 10.3. The van der Waals surface area contributed by atoms with Crippen LogP contribution in [0, 0.1) is 8.99 Å². The van der Waals surface area contributed by atoms with Crippen molar-refractivity contribution in [3.05, 3.63) is 27.8 Å². The van der Waals surface area contributed by atoms with Gasteiger partial charge in [0.2, 0.25) is 5.91 Å². The van der Waals surface area contributed by atoms with Gasteiger partial charge < -0.3 is 10.6 Å². The molecule has 0 bridgehead atoms. The van der Waals surface area contributed by atoms with Crippen LogP contribution in [0.25, 0.3) is 0 Å². The number of anilines is 1. The first-order valence-electron chi connectivity index (χ1n) is 5.88. The Morgan fingerprint density at radius 3 is 2.56 bits per heavy atom. The zero-order chi connectivity index (χ0) is 12.3. The molecule has 1 amide bonds. The van der Waals surface area contributed by atoms with E-state index in [0.29, 0.717) is 0 Å². The normalized spacial score (nSPS) is 17.7. The molecule has 1 saturated heterocycles. The minimum atomic E-state index is -0.232. The van der Waals surface area contributed by atoms with E-state index in [2.05, 4.69) is 40.1 Å². The number of para-hydroxylation sites is 1. The van der Waals surface area contributed by atoms with Gasteiger partial charge in [-0.2, -0.15) is 0 Å². The monoisotopic (exact) mass is 380 g/mol. The smallest absolute Gasteiger partial charge is 0.230 e. The molecule has 2 rings (SSSR count). The molecule has 1 aliphatic heterocycles. The molecule has 5 heteroatoms. The highest BCUT2D eigenvalue weighted by molar-refractivity contribution is 14.1. The van der Waals surface area contributed by atoms with Gasteiger partial charge in [-0.05, 0) is 60.7 Å². The van der Waals surface area contributed by atoms with Crippen LogP contribution in [0.3, 0.4) is 0 Å². The average molecular weight is 381 g/mol. The maximum atomic E-state index is 12.3. The van der Waals surface area contributed by atoms with E-state index in [9.17, 15) is 4.79 Å². The molecule has 100 valence electrons. The summed E-state index contributed by atoms with van der Waals surface area (Å²) in [7, 11) is 0. The fourth-order valence-corrected chi connectivity index (χ4v) is 2.56. The molecule has 0 atom stereocenters. The van der Waals surface area contributed by atoms with Gasteiger partial charge in [-0.25, -0.2) is 0 Å². The second-order valence-electron chi connectivity index (χ2n) is 4.74. The molecule has 3 nitrogen and oxygen atoms in total. The molecule has 0 spiro atoms. The quantitative estimate of drug-likeness (QED) is 0.774. The van der Waals surface area contributed by atoms with Gasteiger partial charge in [0.05, 0.1) is 5.69 Å². The van der Waals surface area contributed by atoms with Gasteiger partial charge in [-0.3, -0.25) is 4.79 Å². The number of halogens is 2. The Kier molecular flexibility index (Phi) is 5.88. The fourth-order valence-electron chi connectivity index (χ4n) is 2.04. The Balaban J connectivity index is 0.00000162. The largest absolute Gasteiger partial charge is 0.325 e. The van der Waals surface area contributed by atoms with E-state index in [1.165, 1.54) is 0 Å². The summed E-state index contributed by atoms with van der Waals surface area (Å²) in [6, 6.07) is 7.87. The van der Waals surface area contributed by atoms with Crippen molar-refractivity contribution >= 4 is 46.6 Å². The first-order chi connectivity index (χ1) is 8.12. The highest BCUT2D eigenvalue weighted by Gasteiger charge is 2.34. The summed E-state index contributed by atoms with van der Waals surface area (Å²) in [5.74, 6) is 0.142. The molecule has 0 radical (unpaired) electrons. The Morgan fingerprint density at radius 2 is 1.94 bits per heavy atom. The Hall–Kier alpha value is -0.330. The summed E-state index contributed by atoms with van der Waals surface area (Å²) in [6.45, 7) is 3.91. The maximum absolute atomic E-state index is 12.3. The van der Waals surface area contributed by atoms with Crippen molar-refractivity contribution < 1.29 is 4.79 Å². The summed E-state index contributed by atoms with van der Waals surface area (Å²) in [6.07, 6.45) is 1.81. The van der Waals surface area contributed by atoms with Crippen LogP contribution in [0.15, 0.2) is 24.3 Å². The number of carbonyl (C=O) groups is 1. The van der Waals surface area contributed by atoms with E-state index in [1.807, 2.05) is 24.3 Å². The molecule has 1 heterocycles. The maximum Gasteiger partial charge on any atom is 0.230 e. The third-order valence-corrected chi connectivity index (χ3v) is 4.32. The Labute approximate surface area is 128 Å². The van der Waals surface area contributed by atoms with Crippen molar-refractivity contribution in [3.63, 3.8) is 0 Å².